The van der Waals surface area contributed by atoms with Crippen LogP contribution < -0.4 is 11.1 Å². The molecule has 4 N–H and O–H groups in total. The fourth-order valence-electron chi connectivity index (χ4n) is 2.39. The Bertz CT molecular complexity index is 385. The zero-order valence-corrected chi connectivity index (χ0v) is 12.4. The van der Waals surface area contributed by atoms with Crippen molar-refractivity contribution in [3.8, 4) is 0 Å². The second-order valence-corrected chi connectivity index (χ2v) is 5.59. The molecule has 1 fully saturated rings. The molecule has 116 valence electrons. The second kappa shape index (κ2) is 6.07. The van der Waals surface area contributed by atoms with Gasteiger partial charge in [-0.3, -0.25) is 4.79 Å². The fraction of sp³-hybridized carbons (Fsp3) is 0.846. The number of aliphatic hydroxyl groups excluding tert-OH is 1. The third-order valence-electron chi connectivity index (χ3n) is 4.16. The molecule has 0 aromatic heterocycles. The molecule has 0 heterocycles. The maximum absolute atomic E-state index is 12.2. The summed E-state index contributed by atoms with van der Waals surface area (Å²) in [6, 6.07) is 0. The monoisotopic (exact) mass is 288 g/mol. The van der Waals surface area contributed by atoms with Crippen LogP contribution in [0.3, 0.4) is 0 Å². The first kappa shape index (κ1) is 16.9. The number of methoxy groups -OCH3 is 1. The van der Waals surface area contributed by atoms with Crippen LogP contribution >= 0.6 is 0 Å². The van der Waals surface area contributed by atoms with Gasteiger partial charge in [0, 0.05) is 18.4 Å². The van der Waals surface area contributed by atoms with Crippen molar-refractivity contribution in [3.63, 3.8) is 0 Å². The topological polar surface area (TPSA) is 111 Å². The lowest BCUT2D eigenvalue weighted by atomic mass is 9.54. The standard InChI is InChI=1S/C13H24N2O5/c1-5-20-9-6-13(14,12(9,2)3)11(18)15-7-8(16)10(17)19-4/h8-9,16H,5-7,14H2,1-4H3,(H,15,18). The summed E-state index contributed by atoms with van der Waals surface area (Å²) < 4.78 is 9.91. The molecule has 7 heteroatoms. The van der Waals surface area contributed by atoms with Crippen LogP contribution in [-0.4, -0.2) is 55.0 Å². The summed E-state index contributed by atoms with van der Waals surface area (Å²) in [4.78, 5) is 23.2. The van der Waals surface area contributed by atoms with Crippen molar-refractivity contribution in [2.45, 2.75) is 44.9 Å². The second-order valence-electron chi connectivity index (χ2n) is 5.59. The van der Waals surface area contributed by atoms with Crippen LogP contribution in [-0.2, 0) is 19.1 Å². The summed E-state index contributed by atoms with van der Waals surface area (Å²) in [5.41, 5.74) is 4.57. The van der Waals surface area contributed by atoms with Gasteiger partial charge in [0.15, 0.2) is 6.10 Å². The van der Waals surface area contributed by atoms with Gasteiger partial charge in [-0.15, -0.1) is 0 Å². The van der Waals surface area contributed by atoms with E-state index in [1.54, 1.807) is 0 Å². The third-order valence-corrected chi connectivity index (χ3v) is 4.16. The number of carbonyl (C=O) groups is 2. The minimum absolute atomic E-state index is 0.0752. The Hall–Kier alpha value is -1.18. The highest BCUT2D eigenvalue weighted by Gasteiger charge is 2.62. The highest BCUT2D eigenvalue weighted by Crippen LogP contribution is 2.49. The van der Waals surface area contributed by atoms with E-state index in [1.807, 2.05) is 20.8 Å². The first-order valence-corrected chi connectivity index (χ1v) is 6.65. The molecule has 1 aliphatic carbocycles. The molecule has 0 radical (unpaired) electrons. The molecule has 0 aromatic carbocycles. The predicted molar refractivity (Wildman–Crippen MR) is 71.8 cm³/mol. The van der Waals surface area contributed by atoms with Gasteiger partial charge >= 0.3 is 5.97 Å². The summed E-state index contributed by atoms with van der Waals surface area (Å²) in [6.07, 6.45) is -1.05. The van der Waals surface area contributed by atoms with E-state index in [0.717, 1.165) is 0 Å². The number of ether oxygens (including phenoxy) is 2. The van der Waals surface area contributed by atoms with Crippen molar-refractivity contribution in [2.24, 2.45) is 11.1 Å². The van der Waals surface area contributed by atoms with Gasteiger partial charge in [0.05, 0.1) is 19.8 Å². The maximum Gasteiger partial charge on any atom is 0.336 e. The van der Waals surface area contributed by atoms with Crippen molar-refractivity contribution in [1.82, 2.24) is 5.32 Å². The van der Waals surface area contributed by atoms with Gasteiger partial charge in [0.2, 0.25) is 5.91 Å². The molecule has 7 nitrogen and oxygen atoms in total. The normalized spacial score (nSPS) is 29.2. The number of carbonyl (C=O) groups excluding carboxylic acids is 2. The number of rotatable bonds is 6. The number of hydrogen-bond acceptors (Lipinski definition) is 6. The largest absolute Gasteiger partial charge is 0.467 e. The van der Waals surface area contributed by atoms with Crippen molar-refractivity contribution < 1.29 is 24.2 Å². The van der Waals surface area contributed by atoms with Crippen molar-refractivity contribution in [2.75, 3.05) is 20.3 Å². The molecule has 0 spiro atoms. The highest BCUT2D eigenvalue weighted by molar-refractivity contribution is 5.89. The molecule has 1 amide bonds. The number of nitrogens with two attached hydrogens (primary N) is 1. The van der Waals surface area contributed by atoms with E-state index in [4.69, 9.17) is 10.5 Å². The molecule has 20 heavy (non-hydrogen) atoms. The SMILES string of the molecule is CCOC1CC(N)(C(=O)NCC(O)C(=O)OC)C1(C)C. The van der Waals surface area contributed by atoms with Crippen molar-refractivity contribution in [1.29, 1.82) is 0 Å². The van der Waals surface area contributed by atoms with Gasteiger partial charge in [0.25, 0.3) is 0 Å². The minimum atomic E-state index is -1.39. The van der Waals surface area contributed by atoms with E-state index in [2.05, 4.69) is 10.1 Å². The van der Waals surface area contributed by atoms with Gasteiger partial charge in [-0.25, -0.2) is 4.79 Å². The average Bonchev–Trinajstić information content (AvgIpc) is 2.42. The quantitative estimate of drug-likeness (QED) is 0.550. The van der Waals surface area contributed by atoms with Crippen molar-refractivity contribution >= 4 is 11.9 Å². The van der Waals surface area contributed by atoms with Crippen LogP contribution in [0.25, 0.3) is 0 Å². The van der Waals surface area contributed by atoms with E-state index < -0.39 is 28.9 Å². The number of amides is 1. The third kappa shape index (κ3) is 2.79. The Labute approximate surface area is 118 Å². The lowest BCUT2D eigenvalue weighted by Crippen LogP contribution is -2.76. The molecule has 0 aromatic rings. The van der Waals surface area contributed by atoms with Crippen LogP contribution in [0.4, 0.5) is 0 Å². The number of esters is 1. The zero-order valence-electron chi connectivity index (χ0n) is 12.4. The molecule has 3 atom stereocenters. The van der Waals surface area contributed by atoms with Crippen LogP contribution in [0, 0.1) is 5.41 Å². The molecule has 0 saturated heterocycles. The molecule has 0 aliphatic heterocycles. The smallest absolute Gasteiger partial charge is 0.336 e. The van der Waals surface area contributed by atoms with Gasteiger partial charge in [-0.1, -0.05) is 13.8 Å². The Morgan fingerprint density at radius 3 is 2.55 bits per heavy atom. The number of nitrogens with one attached hydrogen (secondary N) is 1. The molecular weight excluding hydrogens is 264 g/mol. The van der Waals surface area contributed by atoms with E-state index in [0.29, 0.717) is 13.0 Å². The summed E-state index contributed by atoms with van der Waals surface area (Å²) in [6.45, 7) is 5.96. The summed E-state index contributed by atoms with van der Waals surface area (Å²) in [5, 5.41) is 11.9. The maximum atomic E-state index is 12.2. The average molecular weight is 288 g/mol. The van der Waals surface area contributed by atoms with E-state index in [1.165, 1.54) is 7.11 Å². The van der Waals surface area contributed by atoms with Crippen LogP contribution in [0.1, 0.15) is 27.2 Å². The van der Waals surface area contributed by atoms with Crippen LogP contribution in [0.2, 0.25) is 0 Å². The van der Waals surface area contributed by atoms with Gasteiger partial charge in [0.1, 0.15) is 5.54 Å². The van der Waals surface area contributed by atoms with Crippen molar-refractivity contribution in [3.05, 3.63) is 0 Å². The fourth-order valence-corrected chi connectivity index (χ4v) is 2.39. The summed E-state index contributed by atoms with van der Waals surface area (Å²) in [7, 11) is 1.17. The minimum Gasteiger partial charge on any atom is -0.467 e. The zero-order chi connectivity index (χ0) is 15.6. The molecule has 1 rings (SSSR count). The van der Waals surface area contributed by atoms with E-state index in [9.17, 15) is 14.7 Å². The first-order chi connectivity index (χ1) is 9.20. The van der Waals surface area contributed by atoms with E-state index in [-0.39, 0.29) is 12.6 Å². The number of aliphatic hydroxyl groups is 1. The number of hydrogen-bond donors (Lipinski definition) is 3. The predicted octanol–water partition coefficient (Wildman–Crippen LogP) is -0.831. The Morgan fingerprint density at radius 2 is 2.10 bits per heavy atom. The first-order valence-electron chi connectivity index (χ1n) is 6.65. The summed E-state index contributed by atoms with van der Waals surface area (Å²) >= 11 is 0. The van der Waals surface area contributed by atoms with Crippen LogP contribution in [0.5, 0.6) is 0 Å². The molecule has 0 bridgehead atoms. The Morgan fingerprint density at radius 1 is 1.50 bits per heavy atom. The van der Waals surface area contributed by atoms with E-state index >= 15 is 0 Å². The lowest BCUT2D eigenvalue weighted by Gasteiger charge is -2.57. The molecule has 1 aliphatic rings. The summed E-state index contributed by atoms with van der Waals surface area (Å²) in [5.74, 6) is -1.20. The van der Waals surface area contributed by atoms with Crippen LogP contribution in [0.15, 0.2) is 0 Å². The molecule has 1 saturated carbocycles. The highest BCUT2D eigenvalue weighted by atomic mass is 16.5. The van der Waals surface area contributed by atoms with Gasteiger partial charge < -0.3 is 25.6 Å². The van der Waals surface area contributed by atoms with Gasteiger partial charge in [-0.05, 0) is 6.92 Å². The Balaban J connectivity index is 2.58. The van der Waals surface area contributed by atoms with Gasteiger partial charge in [-0.2, -0.15) is 0 Å². The Kier molecular flexibility index (Phi) is 5.12. The lowest BCUT2D eigenvalue weighted by molar-refractivity contribution is -0.171. The molecular formula is C13H24N2O5. The molecule has 3 unspecified atom stereocenters.